The fraction of sp³-hybridized carbons (Fsp3) is 1.00. The summed E-state index contributed by atoms with van der Waals surface area (Å²) in [5.41, 5.74) is 0.158. The number of β-amino-alcohol motifs (C(OH)–C–C–N with tert-alkyl or cyclic N) is 1. The van der Waals surface area contributed by atoms with Crippen molar-refractivity contribution in [2.24, 2.45) is 11.3 Å². The molecule has 0 aromatic carbocycles. The summed E-state index contributed by atoms with van der Waals surface area (Å²) in [6, 6.07) is 0. The zero-order valence-corrected chi connectivity index (χ0v) is 12.4. The highest BCUT2D eigenvalue weighted by atomic mass is 16.3. The number of aliphatic hydroxyl groups is 2. The Hall–Kier alpha value is -0.160. The Balaban J connectivity index is 1.80. The standard InChI is InChI=1S/C15H30N2O2/c1-14-2-4-15(13-19,5-3-14)12-17-8-6-16(7-9-17)10-11-18/h14,18-19H,2-13H2,1H3. The number of rotatable bonds is 5. The molecule has 0 unspecified atom stereocenters. The fourth-order valence-electron chi connectivity index (χ4n) is 3.53. The van der Waals surface area contributed by atoms with Gasteiger partial charge in [0.05, 0.1) is 6.61 Å². The zero-order valence-electron chi connectivity index (χ0n) is 12.4. The maximum Gasteiger partial charge on any atom is 0.0558 e. The molecule has 19 heavy (non-hydrogen) atoms. The van der Waals surface area contributed by atoms with Crippen LogP contribution in [0.3, 0.4) is 0 Å². The summed E-state index contributed by atoms with van der Waals surface area (Å²) in [5.74, 6) is 0.834. The normalized spacial score (nSPS) is 34.6. The molecule has 0 radical (unpaired) electrons. The first kappa shape index (κ1) is 15.2. The molecule has 2 aliphatic rings. The molecule has 2 fully saturated rings. The third kappa shape index (κ3) is 4.15. The summed E-state index contributed by atoms with van der Waals surface area (Å²) in [6.07, 6.45) is 4.90. The Morgan fingerprint density at radius 2 is 1.58 bits per heavy atom. The highest BCUT2D eigenvalue weighted by Gasteiger charge is 2.35. The number of nitrogens with zero attached hydrogens (tertiary/aromatic N) is 2. The minimum atomic E-state index is 0.158. The van der Waals surface area contributed by atoms with Gasteiger partial charge >= 0.3 is 0 Å². The number of aliphatic hydroxyl groups excluding tert-OH is 2. The van der Waals surface area contributed by atoms with Crippen LogP contribution < -0.4 is 0 Å². The van der Waals surface area contributed by atoms with Crippen LogP contribution in [-0.2, 0) is 0 Å². The minimum absolute atomic E-state index is 0.158. The topological polar surface area (TPSA) is 46.9 Å². The number of piperazine rings is 1. The average Bonchev–Trinajstić information content (AvgIpc) is 2.44. The van der Waals surface area contributed by atoms with Crippen LogP contribution in [0.4, 0.5) is 0 Å². The number of hydrogen-bond donors (Lipinski definition) is 2. The van der Waals surface area contributed by atoms with Crippen molar-refractivity contribution in [1.82, 2.24) is 9.80 Å². The Bertz CT molecular complexity index is 257. The van der Waals surface area contributed by atoms with Crippen LogP contribution >= 0.6 is 0 Å². The minimum Gasteiger partial charge on any atom is -0.396 e. The van der Waals surface area contributed by atoms with Crippen LogP contribution in [0.25, 0.3) is 0 Å². The van der Waals surface area contributed by atoms with E-state index >= 15 is 0 Å². The van der Waals surface area contributed by atoms with Crippen LogP contribution in [0.1, 0.15) is 32.6 Å². The van der Waals surface area contributed by atoms with Crippen molar-refractivity contribution in [1.29, 1.82) is 0 Å². The second-order valence-corrected chi connectivity index (χ2v) is 6.68. The summed E-state index contributed by atoms with van der Waals surface area (Å²) in [5, 5.41) is 18.8. The second-order valence-electron chi connectivity index (χ2n) is 6.68. The van der Waals surface area contributed by atoms with Crippen molar-refractivity contribution in [3.05, 3.63) is 0 Å². The monoisotopic (exact) mass is 270 g/mol. The Labute approximate surface area is 117 Å². The van der Waals surface area contributed by atoms with E-state index in [0.29, 0.717) is 6.61 Å². The lowest BCUT2D eigenvalue weighted by atomic mass is 9.71. The van der Waals surface area contributed by atoms with Crippen LogP contribution in [0.5, 0.6) is 0 Å². The molecule has 1 aliphatic carbocycles. The summed E-state index contributed by atoms with van der Waals surface area (Å²) >= 11 is 0. The smallest absolute Gasteiger partial charge is 0.0558 e. The van der Waals surface area contributed by atoms with Crippen molar-refractivity contribution in [3.63, 3.8) is 0 Å². The van der Waals surface area contributed by atoms with Crippen LogP contribution in [-0.4, -0.2) is 72.5 Å². The van der Waals surface area contributed by atoms with Gasteiger partial charge in [0.2, 0.25) is 0 Å². The quantitative estimate of drug-likeness (QED) is 0.775. The molecule has 0 amide bonds. The van der Waals surface area contributed by atoms with E-state index in [1.807, 2.05) is 0 Å². The van der Waals surface area contributed by atoms with Gasteiger partial charge in [0, 0.05) is 51.3 Å². The van der Waals surface area contributed by atoms with E-state index in [4.69, 9.17) is 5.11 Å². The molecule has 4 heteroatoms. The Morgan fingerprint density at radius 3 is 2.11 bits per heavy atom. The highest BCUT2D eigenvalue weighted by molar-refractivity contribution is 4.88. The molecule has 0 bridgehead atoms. The number of hydrogen-bond acceptors (Lipinski definition) is 4. The molecule has 2 rings (SSSR count). The SMILES string of the molecule is CC1CCC(CO)(CN2CCN(CCO)CC2)CC1. The van der Waals surface area contributed by atoms with Crippen molar-refractivity contribution < 1.29 is 10.2 Å². The lowest BCUT2D eigenvalue weighted by molar-refractivity contribution is 0.0114. The molecule has 0 aromatic heterocycles. The lowest BCUT2D eigenvalue weighted by Crippen LogP contribution is -2.51. The van der Waals surface area contributed by atoms with Gasteiger partial charge in [0.15, 0.2) is 0 Å². The fourth-order valence-corrected chi connectivity index (χ4v) is 3.53. The summed E-state index contributed by atoms with van der Waals surface area (Å²) < 4.78 is 0. The van der Waals surface area contributed by atoms with Crippen molar-refractivity contribution >= 4 is 0 Å². The maximum absolute atomic E-state index is 9.82. The van der Waals surface area contributed by atoms with E-state index in [0.717, 1.165) is 45.2 Å². The highest BCUT2D eigenvalue weighted by Crippen LogP contribution is 2.39. The maximum atomic E-state index is 9.82. The van der Waals surface area contributed by atoms with E-state index in [2.05, 4.69) is 16.7 Å². The molecular weight excluding hydrogens is 240 g/mol. The molecule has 2 N–H and O–H groups in total. The van der Waals surface area contributed by atoms with Gasteiger partial charge in [0.1, 0.15) is 0 Å². The first-order chi connectivity index (χ1) is 9.17. The zero-order chi connectivity index (χ0) is 13.7. The molecule has 1 aliphatic heterocycles. The molecule has 1 heterocycles. The molecule has 1 saturated heterocycles. The molecule has 0 spiro atoms. The van der Waals surface area contributed by atoms with Gasteiger partial charge in [-0.15, -0.1) is 0 Å². The van der Waals surface area contributed by atoms with Crippen molar-refractivity contribution in [2.45, 2.75) is 32.6 Å². The summed E-state index contributed by atoms with van der Waals surface area (Å²) in [4.78, 5) is 4.84. The van der Waals surface area contributed by atoms with Gasteiger partial charge in [-0.05, 0) is 18.8 Å². The van der Waals surface area contributed by atoms with Gasteiger partial charge < -0.3 is 15.1 Å². The van der Waals surface area contributed by atoms with Gasteiger partial charge in [-0.3, -0.25) is 4.90 Å². The molecule has 1 saturated carbocycles. The molecule has 4 nitrogen and oxygen atoms in total. The van der Waals surface area contributed by atoms with E-state index in [1.165, 1.54) is 25.7 Å². The van der Waals surface area contributed by atoms with Gasteiger partial charge in [0.25, 0.3) is 0 Å². The molecule has 0 aromatic rings. The summed E-state index contributed by atoms with van der Waals surface area (Å²) in [7, 11) is 0. The predicted octanol–water partition coefficient (Wildman–Crippen LogP) is 0.785. The molecule has 0 atom stereocenters. The van der Waals surface area contributed by atoms with Crippen LogP contribution in [0.2, 0.25) is 0 Å². The molecule has 112 valence electrons. The average molecular weight is 270 g/mol. The van der Waals surface area contributed by atoms with Crippen molar-refractivity contribution in [2.75, 3.05) is 52.5 Å². The lowest BCUT2D eigenvalue weighted by Gasteiger charge is -2.44. The third-order valence-corrected chi connectivity index (χ3v) is 5.11. The Kier molecular flexibility index (Phi) is 5.63. The largest absolute Gasteiger partial charge is 0.396 e. The summed E-state index contributed by atoms with van der Waals surface area (Å²) in [6.45, 7) is 9.06. The van der Waals surface area contributed by atoms with Gasteiger partial charge in [-0.2, -0.15) is 0 Å². The van der Waals surface area contributed by atoms with E-state index in [-0.39, 0.29) is 12.0 Å². The van der Waals surface area contributed by atoms with Crippen LogP contribution in [0.15, 0.2) is 0 Å². The predicted molar refractivity (Wildman–Crippen MR) is 77.1 cm³/mol. The Morgan fingerprint density at radius 1 is 1.00 bits per heavy atom. The van der Waals surface area contributed by atoms with Gasteiger partial charge in [-0.25, -0.2) is 0 Å². The second kappa shape index (κ2) is 7.02. The first-order valence-electron chi connectivity index (χ1n) is 7.84. The van der Waals surface area contributed by atoms with Crippen molar-refractivity contribution in [3.8, 4) is 0 Å². The van der Waals surface area contributed by atoms with E-state index in [9.17, 15) is 5.11 Å². The third-order valence-electron chi connectivity index (χ3n) is 5.11. The van der Waals surface area contributed by atoms with E-state index in [1.54, 1.807) is 0 Å². The molecular formula is C15H30N2O2. The van der Waals surface area contributed by atoms with Gasteiger partial charge in [-0.1, -0.05) is 19.8 Å². The van der Waals surface area contributed by atoms with E-state index < -0.39 is 0 Å². The van der Waals surface area contributed by atoms with Crippen LogP contribution in [0, 0.1) is 11.3 Å². The first-order valence-corrected chi connectivity index (χ1v) is 7.84.